The fourth-order valence-corrected chi connectivity index (χ4v) is 2.91. The molecule has 2 N–H and O–H groups in total. The number of hydrogen-bond donors (Lipinski definition) is 2. The maximum atomic E-state index is 4.62. The van der Waals surface area contributed by atoms with E-state index in [0.29, 0.717) is 6.54 Å². The van der Waals surface area contributed by atoms with Gasteiger partial charge in [0.15, 0.2) is 11.1 Å². The number of nitrogens with one attached hydrogen (secondary N) is 2. The van der Waals surface area contributed by atoms with Crippen LogP contribution in [-0.2, 0) is 13.0 Å². The number of rotatable bonds is 7. The van der Waals surface area contributed by atoms with Crippen molar-refractivity contribution in [3.63, 3.8) is 0 Å². The van der Waals surface area contributed by atoms with Gasteiger partial charge in [-0.1, -0.05) is 29.8 Å². The largest absolute Gasteiger partial charge is 0.357 e. The van der Waals surface area contributed by atoms with E-state index in [9.17, 15) is 0 Å². The van der Waals surface area contributed by atoms with Gasteiger partial charge in [-0.25, -0.2) is 9.98 Å². The van der Waals surface area contributed by atoms with Crippen LogP contribution in [0.15, 0.2) is 34.6 Å². The fourth-order valence-electron chi connectivity index (χ4n) is 2.16. The van der Waals surface area contributed by atoms with Gasteiger partial charge in [-0.05, 0) is 25.8 Å². The molecule has 5 nitrogen and oxygen atoms in total. The van der Waals surface area contributed by atoms with Gasteiger partial charge in [0.1, 0.15) is 0 Å². The summed E-state index contributed by atoms with van der Waals surface area (Å²) in [6.07, 6.45) is 0.978. The van der Waals surface area contributed by atoms with Gasteiger partial charge < -0.3 is 15.5 Å². The molecule has 0 aliphatic carbocycles. The van der Waals surface area contributed by atoms with E-state index in [0.717, 1.165) is 36.3 Å². The Morgan fingerprint density at radius 1 is 1.20 bits per heavy atom. The number of thiazole rings is 1. The molecule has 7 heteroatoms. The highest BCUT2D eigenvalue weighted by Crippen LogP contribution is 2.18. The van der Waals surface area contributed by atoms with E-state index in [4.69, 9.17) is 0 Å². The third-order valence-electron chi connectivity index (χ3n) is 3.49. The van der Waals surface area contributed by atoms with E-state index < -0.39 is 0 Å². The summed E-state index contributed by atoms with van der Waals surface area (Å²) in [6, 6.07) is 8.66. The molecular formula is C18H28IN5S. The molecule has 0 amide bonds. The molecule has 0 unspecified atom stereocenters. The normalized spacial score (nSPS) is 11.0. The minimum absolute atomic E-state index is 0. The Hall–Kier alpha value is -1.35. The van der Waals surface area contributed by atoms with E-state index in [2.05, 4.69) is 64.1 Å². The second-order valence-corrected chi connectivity index (χ2v) is 6.71. The van der Waals surface area contributed by atoms with E-state index >= 15 is 0 Å². The topological polar surface area (TPSA) is 52.6 Å². The van der Waals surface area contributed by atoms with Crippen LogP contribution in [0.3, 0.4) is 0 Å². The van der Waals surface area contributed by atoms with Crippen molar-refractivity contribution in [3.05, 3.63) is 46.5 Å². The van der Waals surface area contributed by atoms with Crippen molar-refractivity contribution in [2.24, 2.45) is 4.99 Å². The maximum Gasteiger partial charge on any atom is 0.191 e. The summed E-state index contributed by atoms with van der Waals surface area (Å²) in [5, 5.41) is 9.75. The first kappa shape index (κ1) is 21.7. The highest BCUT2D eigenvalue weighted by atomic mass is 127. The summed E-state index contributed by atoms with van der Waals surface area (Å²) in [5.74, 6) is 0.837. The number of anilines is 1. The zero-order valence-corrected chi connectivity index (χ0v) is 18.5. The molecule has 2 aromatic rings. The lowest BCUT2D eigenvalue weighted by molar-refractivity contribution is 0.797. The van der Waals surface area contributed by atoms with Crippen LogP contribution in [0, 0.1) is 6.92 Å². The monoisotopic (exact) mass is 473 g/mol. The minimum Gasteiger partial charge on any atom is -0.357 e. The van der Waals surface area contributed by atoms with Crippen molar-refractivity contribution in [2.45, 2.75) is 26.8 Å². The molecule has 0 atom stereocenters. The average molecular weight is 473 g/mol. The Morgan fingerprint density at radius 2 is 1.92 bits per heavy atom. The number of guanidine groups is 1. The number of nitrogens with zero attached hydrogens (tertiary/aromatic N) is 3. The first-order chi connectivity index (χ1) is 11.6. The van der Waals surface area contributed by atoms with Gasteiger partial charge in [-0.15, -0.1) is 35.3 Å². The molecule has 2 rings (SSSR count). The van der Waals surface area contributed by atoms with Crippen LogP contribution < -0.4 is 15.5 Å². The minimum atomic E-state index is 0. The second-order valence-electron chi connectivity index (χ2n) is 5.87. The Morgan fingerprint density at radius 3 is 2.52 bits per heavy atom. The van der Waals surface area contributed by atoms with E-state index in [1.807, 2.05) is 19.0 Å². The lowest BCUT2D eigenvalue weighted by Crippen LogP contribution is -2.38. The number of aromatic nitrogens is 1. The van der Waals surface area contributed by atoms with Crippen molar-refractivity contribution in [1.29, 1.82) is 0 Å². The Kier molecular flexibility index (Phi) is 9.81. The van der Waals surface area contributed by atoms with Crippen molar-refractivity contribution in [2.75, 3.05) is 32.1 Å². The highest BCUT2D eigenvalue weighted by Gasteiger charge is 2.04. The molecule has 1 aromatic heterocycles. The van der Waals surface area contributed by atoms with Gasteiger partial charge in [0, 0.05) is 32.6 Å². The van der Waals surface area contributed by atoms with Crippen LogP contribution in [0.2, 0.25) is 0 Å². The van der Waals surface area contributed by atoms with Crippen molar-refractivity contribution in [3.8, 4) is 0 Å². The molecule has 1 heterocycles. The van der Waals surface area contributed by atoms with Gasteiger partial charge in [0.05, 0.1) is 12.2 Å². The second kappa shape index (κ2) is 11.3. The molecular weight excluding hydrogens is 445 g/mol. The predicted octanol–water partition coefficient (Wildman–Crippen LogP) is 3.43. The van der Waals surface area contributed by atoms with E-state index in [-0.39, 0.29) is 24.0 Å². The van der Waals surface area contributed by atoms with Crippen LogP contribution in [0.4, 0.5) is 5.13 Å². The summed E-state index contributed by atoms with van der Waals surface area (Å²) in [4.78, 5) is 11.2. The third kappa shape index (κ3) is 7.60. The SMILES string of the molecule is CCNC(=NCc1csc(N(C)C)n1)NCCc1ccc(C)cc1.I. The van der Waals surface area contributed by atoms with Gasteiger partial charge in [0.2, 0.25) is 0 Å². The predicted molar refractivity (Wildman–Crippen MR) is 120 cm³/mol. The maximum absolute atomic E-state index is 4.62. The van der Waals surface area contributed by atoms with E-state index in [1.165, 1.54) is 11.1 Å². The Bertz CT molecular complexity index is 652. The molecule has 0 saturated carbocycles. The standard InChI is InChI=1S/C18H27N5S.HI/c1-5-19-17(20-11-10-15-8-6-14(2)7-9-15)21-12-16-13-24-18(22-16)23(3)4;/h6-9,13H,5,10-12H2,1-4H3,(H2,19,20,21);1H. The zero-order chi connectivity index (χ0) is 17.4. The number of aryl methyl sites for hydroxylation is 1. The summed E-state index contributed by atoms with van der Waals surface area (Å²) in [6.45, 7) is 6.47. The molecule has 0 aliphatic heterocycles. The Labute approximate surface area is 172 Å². The van der Waals surface area contributed by atoms with Crippen LogP contribution >= 0.6 is 35.3 Å². The van der Waals surface area contributed by atoms with Gasteiger partial charge in [-0.3, -0.25) is 0 Å². The summed E-state index contributed by atoms with van der Waals surface area (Å²) < 4.78 is 0. The van der Waals surface area contributed by atoms with E-state index in [1.54, 1.807) is 11.3 Å². The Balaban J connectivity index is 0.00000312. The molecule has 138 valence electrons. The lowest BCUT2D eigenvalue weighted by Gasteiger charge is -2.11. The van der Waals surface area contributed by atoms with Crippen molar-refractivity contribution in [1.82, 2.24) is 15.6 Å². The lowest BCUT2D eigenvalue weighted by atomic mass is 10.1. The quantitative estimate of drug-likeness (QED) is 0.368. The molecule has 0 aliphatic rings. The first-order valence-electron chi connectivity index (χ1n) is 8.28. The van der Waals surface area contributed by atoms with Gasteiger partial charge in [-0.2, -0.15) is 0 Å². The van der Waals surface area contributed by atoms with Crippen molar-refractivity contribution >= 4 is 46.4 Å². The smallest absolute Gasteiger partial charge is 0.191 e. The number of benzene rings is 1. The molecule has 0 bridgehead atoms. The summed E-state index contributed by atoms with van der Waals surface area (Å²) >= 11 is 1.64. The molecule has 0 saturated heterocycles. The molecule has 25 heavy (non-hydrogen) atoms. The zero-order valence-electron chi connectivity index (χ0n) is 15.4. The molecule has 1 aromatic carbocycles. The van der Waals surface area contributed by atoms with Crippen LogP contribution in [0.1, 0.15) is 23.7 Å². The number of halogens is 1. The number of hydrogen-bond acceptors (Lipinski definition) is 4. The summed E-state index contributed by atoms with van der Waals surface area (Å²) in [5.41, 5.74) is 3.63. The highest BCUT2D eigenvalue weighted by molar-refractivity contribution is 14.0. The molecule has 0 spiro atoms. The molecule has 0 radical (unpaired) electrons. The molecule has 0 fully saturated rings. The average Bonchev–Trinajstić information content (AvgIpc) is 3.04. The van der Waals surface area contributed by atoms with Crippen LogP contribution in [-0.4, -0.2) is 38.1 Å². The first-order valence-corrected chi connectivity index (χ1v) is 9.16. The van der Waals surface area contributed by atoms with Crippen molar-refractivity contribution < 1.29 is 0 Å². The van der Waals surface area contributed by atoms with Crippen LogP contribution in [0.5, 0.6) is 0 Å². The summed E-state index contributed by atoms with van der Waals surface area (Å²) in [7, 11) is 4.01. The van der Waals surface area contributed by atoms with Crippen LogP contribution in [0.25, 0.3) is 0 Å². The third-order valence-corrected chi connectivity index (χ3v) is 4.55. The van der Waals surface area contributed by atoms with Gasteiger partial charge >= 0.3 is 0 Å². The number of aliphatic imine (C=N–C) groups is 1. The fraction of sp³-hybridized carbons (Fsp3) is 0.444. The van der Waals surface area contributed by atoms with Gasteiger partial charge in [0.25, 0.3) is 0 Å².